The van der Waals surface area contributed by atoms with Crippen molar-refractivity contribution in [3.05, 3.63) is 42.1 Å². The lowest BCUT2D eigenvalue weighted by atomic mass is 10.1. The van der Waals surface area contributed by atoms with Crippen LogP contribution in [0.25, 0.3) is 0 Å². The molecule has 2 aromatic rings. The molecule has 1 aliphatic heterocycles. The van der Waals surface area contributed by atoms with E-state index in [9.17, 15) is 0 Å². The third-order valence-corrected chi connectivity index (χ3v) is 3.43. The van der Waals surface area contributed by atoms with Gasteiger partial charge in [-0.25, -0.2) is 4.98 Å². The van der Waals surface area contributed by atoms with Gasteiger partial charge in [0.15, 0.2) is 0 Å². The van der Waals surface area contributed by atoms with Crippen LogP contribution in [0, 0.1) is 0 Å². The van der Waals surface area contributed by atoms with Crippen LogP contribution < -0.4 is 10.2 Å². The third-order valence-electron chi connectivity index (χ3n) is 3.43. The van der Waals surface area contributed by atoms with Gasteiger partial charge in [-0.05, 0) is 38.0 Å². The Hall–Kier alpha value is -2.10. The molecule has 19 heavy (non-hydrogen) atoms. The van der Waals surface area contributed by atoms with Crippen LogP contribution in [-0.2, 0) is 6.42 Å². The van der Waals surface area contributed by atoms with Gasteiger partial charge >= 0.3 is 0 Å². The number of para-hydroxylation sites is 1. The molecule has 3 rings (SSSR count). The predicted octanol–water partition coefficient (Wildman–Crippen LogP) is 2.99. The minimum atomic E-state index is 0.432. The number of anilines is 3. The highest BCUT2D eigenvalue weighted by Gasteiger charge is 2.27. The molecule has 0 radical (unpaired) electrons. The van der Waals surface area contributed by atoms with Gasteiger partial charge in [0.2, 0.25) is 5.95 Å². The van der Waals surface area contributed by atoms with Crippen molar-refractivity contribution in [2.24, 2.45) is 0 Å². The minimum absolute atomic E-state index is 0.432. The second kappa shape index (κ2) is 4.88. The van der Waals surface area contributed by atoms with Crippen molar-refractivity contribution in [2.45, 2.75) is 26.3 Å². The Morgan fingerprint density at radius 1 is 1.32 bits per heavy atom. The van der Waals surface area contributed by atoms with E-state index in [2.05, 4.69) is 51.4 Å². The van der Waals surface area contributed by atoms with Crippen LogP contribution in [0.2, 0.25) is 0 Å². The van der Waals surface area contributed by atoms with Gasteiger partial charge in [0.25, 0.3) is 0 Å². The smallest absolute Gasteiger partial charge is 0.224 e. The summed E-state index contributed by atoms with van der Waals surface area (Å²) in [5.41, 5.74) is 2.65. The SMILES string of the molecule is CCNc1nccc(N2c3ccccc3CC2C)n1. The first kappa shape index (κ1) is 12.0. The molecule has 0 fully saturated rings. The molecular weight excluding hydrogens is 236 g/mol. The summed E-state index contributed by atoms with van der Waals surface area (Å²) in [7, 11) is 0. The second-order valence-corrected chi connectivity index (χ2v) is 4.82. The molecule has 0 amide bonds. The van der Waals surface area contributed by atoms with E-state index < -0.39 is 0 Å². The first-order valence-corrected chi connectivity index (χ1v) is 6.73. The summed E-state index contributed by atoms with van der Waals surface area (Å²) in [6, 6.07) is 10.9. The summed E-state index contributed by atoms with van der Waals surface area (Å²) in [6.07, 6.45) is 2.88. The van der Waals surface area contributed by atoms with E-state index >= 15 is 0 Å². The summed E-state index contributed by atoms with van der Waals surface area (Å²) in [5.74, 6) is 1.65. The Labute approximate surface area is 113 Å². The number of aromatic nitrogens is 2. The summed E-state index contributed by atoms with van der Waals surface area (Å²) in [4.78, 5) is 11.1. The summed E-state index contributed by atoms with van der Waals surface area (Å²) in [6.45, 7) is 5.11. The number of hydrogen-bond donors (Lipinski definition) is 1. The second-order valence-electron chi connectivity index (χ2n) is 4.82. The number of nitrogens with zero attached hydrogens (tertiary/aromatic N) is 3. The lowest BCUT2D eigenvalue weighted by Crippen LogP contribution is -2.25. The molecular formula is C15H18N4. The zero-order valence-corrected chi connectivity index (χ0v) is 11.3. The molecule has 1 unspecified atom stereocenters. The molecule has 1 N–H and O–H groups in total. The monoisotopic (exact) mass is 254 g/mol. The third kappa shape index (κ3) is 2.14. The fourth-order valence-electron chi connectivity index (χ4n) is 2.64. The zero-order chi connectivity index (χ0) is 13.2. The van der Waals surface area contributed by atoms with Crippen molar-refractivity contribution < 1.29 is 0 Å². The molecule has 1 aromatic heterocycles. The Morgan fingerprint density at radius 2 is 2.16 bits per heavy atom. The molecule has 4 heteroatoms. The zero-order valence-electron chi connectivity index (χ0n) is 11.3. The number of hydrogen-bond acceptors (Lipinski definition) is 4. The van der Waals surface area contributed by atoms with E-state index in [0.29, 0.717) is 12.0 Å². The van der Waals surface area contributed by atoms with Crippen molar-refractivity contribution in [3.8, 4) is 0 Å². The lowest BCUT2D eigenvalue weighted by Gasteiger charge is -2.24. The molecule has 2 heterocycles. The van der Waals surface area contributed by atoms with Crippen LogP contribution >= 0.6 is 0 Å². The summed E-state index contributed by atoms with van der Waals surface area (Å²) >= 11 is 0. The highest BCUT2D eigenvalue weighted by molar-refractivity contribution is 5.69. The molecule has 1 aromatic carbocycles. The molecule has 0 saturated heterocycles. The maximum absolute atomic E-state index is 4.60. The molecule has 98 valence electrons. The van der Waals surface area contributed by atoms with Crippen LogP contribution in [0.5, 0.6) is 0 Å². The van der Waals surface area contributed by atoms with Gasteiger partial charge in [0.05, 0.1) is 0 Å². The van der Waals surface area contributed by atoms with Gasteiger partial charge in [-0.2, -0.15) is 4.98 Å². The van der Waals surface area contributed by atoms with Gasteiger partial charge < -0.3 is 10.2 Å². The molecule has 1 atom stereocenters. The van der Waals surface area contributed by atoms with E-state index in [1.54, 1.807) is 0 Å². The van der Waals surface area contributed by atoms with Gasteiger partial charge in [0, 0.05) is 24.5 Å². The molecule has 0 aliphatic carbocycles. The van der Waals surface area contributed by atoms with Crippen molar-refractivity contribution in [2.75, 3.05) is 16.8 Å². The average molecular weight is 254 g/mol. The maximum Gasteiger partial charge on any atom is 0.224 e. The summed E-state index contributed by atoms with van der Waals surface area (Å²) in [5, 5.41) is 3.16. The van der Waals surface area contributed by atoms with Crippen molar-refractivity contribution in [3.63, 3.8) is 0 Å². The molecule has 4 nitrogen and oxygen atoms in total. The van der Waals surface area contributed by atoms with Crippen molar-refractivity contribution in [1.29, 1.82) is 0 Å². The van der Waals surface area contributed by atoms with Crippen molar-refractivity contribution in [1.82, 2.24) is 9.97 Å². The summed E-state index contributed by atoms with van der Waals surface area (Å²) < 4.78 is 0. The average Bonchev–Trinajstić information content (AvgIpc) is 2.75. The fraction of sp³-hybridized carbons (Fsp3) is 0.333. The molecule has 0 spiro atoms. The van der Waals surface area contributed by atoms with Crippen molar-refractivity contribution >= 4 is 17.5 Å². The molecule has 0 saturated carbocycles. The first-order chi connectivity index (χ1) is 9.29. The van der Waals surface area contributed by atoms with Gasteiger partial charge in [0.1, 0.15) is 5.82 Å². The van der Waals surface area contributed by atoms with E-state index in [-0.39, 0.29) is 0 Å². The molecule has 1 aliphatic rings. The highest BCUT2D eigenvalue weighted by atomic mass is 15.3. The fourth-order valence-corrected chi connectivity index (χ4v) is 2.64. The Morgan fingerprint density at radius 3 is 3.00 bits per heavy atom. The Kier molecular flexibility index (Phi) is 3.07. The van der Waals surface area contributed by atoms with Crippen LogP contribution in [0.1, 0.15) is 19.4 Å². The van der Waals surface area contributed by atoms with E-state index in [1.807, 2.05) is 19.2 Å². The molecule has 0 bridgehead atoms. The standard InChI is InChI=1S/C15H18N4/c1-3-16-15-17-9-8-14(18-15)19-11(2)10-12-6-4-5-7-13(12)19/h4-9,11H,3,10H2,1-2H3,(H,16,17,18). The van der Waals surface area contributed by atoms with Gasteiger partial charge in [-0.3, -0.25) is 0 Å². The van der Waals surface area contributed by atoms with E-state index in [0.717, 1.165) is 18.8 Å². The van der Waals surface area contributed by atoms with Gasteiger partial charge in [-0.15, -0.1) is 0 Å². The van der Waals surface area contributed by atoms with Crippen LogP contribution in [0.3, 0.4) is 0 Å². The number of benzene rings is 1. The Balaban J connectivity index is 2.00. The first-order valence-electron chi connectivity index (χ1n) is 6.73. The number of nitrogens with one attached hydrogen (secondary N) is 1. The number of fused-ring (bicyclic) bond motifs is 1. The predicted molar refractivity (Wildman–Crippen MR) is 77.9 cm³/mol. The van der Waals surface area contributed by atoms with Crippen LogP contribution in [0.4, 0.5) is 17.5 Å². The maximum atomic E-state index is 4.60. The number of rotatable bonds is 3. The largest absolute Gasteiger partial charge is 0.354 e. The quantitative estimate of drug-likeness (QED) is 0.914. The van der Waals surface area contributed by atoms with E-state index in [4.69, 9.17) is 0 Å². The Bertz CT molecular complexity index is 582. The topological polar surface area (TPSA) is 41.1 Å². The van der Waals surface area contributed by atoms with Crippen LogP contribution in [-0.4, -0.2) is 22.6 Å². The lowest BCUT2D eigenvalue weighted by molar-refractivity contribution is 0.749. The van der Waals surface area contributed by atoms with Gasteiger partial charge in [-0.1, -0.05) is 18.2 Å². The minimum Gasteiger partial charge on any atom is -0.354 e. The highest BCUT2D eigenvalue weighted by Crippen LogP contribution is 2.37. The van der Waals surface area contributed by atoms with E-state index in [1.165, 1.54) is 11.3 Å². The normalized spacial score (nSPS) is 17.4. The van der Waals surface area contributed by atoms with Crippen LogP contribution in [0.15, 0.2) is 36.5 Å².